The average molecular weight is 282 g/mol. The predicted octanol–water partition coefficient (Wildman–Crippen LogP) is 0.868. The van der Waals surface area contributed by atoms with E-state index < -0.39 is 11.9 Å². The third-order valence-electron chi connectivity index (χ3n) is 3.33. The highest BCUT2D eigenvalue weighted by Gasteiger charge is 2.30. The monoisotopic (exact) mass is 282 g/mol. The Morgan fingerprint density at radius 3 is 3.15 bits per heavy atom. The Morgan fingerprint density at radius 1 is 1.60 bits per heavy atom. The van der Waals surface area contributed by atoms with E-state index in [9.17, 15) is 14.3 Å². The molecule has 2 rings (SSSR count). The van der Waals surface area contributed by atoms with Gasteiger partial charge in [-0.3, -0.25) is 9.69 Å². The summed E-state index contributed by atoms with van der Waals surface area (Å²) >= 11 is 0. The largest absolute Gasteiger partial charge is 0.508 e. The number of esters is 1. The van der Waals surface area contributed by atoms with Crippen LogP contribution in [-0.2, 0) is 16.1 Å². The van der Waals surface area contributed by atoms with Crippen LogP contribution in [0, 0.1) is 5.82 Å². The van der Waals surface area contributed by atoms with Crippen LogP contribution >= 0.6 is 0 Å². The second-order valence-electron chi connectivity index (χ2n) is 4.72. The van der Waals surface area contributed by atoms with Crippen molar-refractivity contribution in [3.8, 4) is 5.75 Å². The first kappa shape index (κ1) is 14.7. The van der Waals surface area contributed by atoms with Crippen molar-refractivity contribution in [3.63, 3.8) is 0 Å². The number of piperazine rings is 1. The molecule has 110 valence electrons. The summed E-state index contributed by atoms with van der Waals surface area (Å²) in [6, 6.07) is 3.41. The van der Waals surface area contributed by atoms with Gasteiger partial charge in [0.15, 0.2) is 0 Å². The number of carbonyl (C=O) groups is 1. The molecule has 0 spiro atoms. The molecule has 1 aliphatic heterocycles. The molecular weight excluding hydrogens is 263 g/mol. The van der Waals surface area contributed by atoms with Crippen LogP contribution in [0.3, 0.4) is 0 Å². The van der Waals surface area contributed by atoms with Crippen LogP contribution in [0.15, 0.2) is 18.2 Å². The van der Waals surface area contributed by atoms with Gasteiger partial charge in [0.05, 0.1) is 6.61 Å². The number of phenolic OH excluding ortho intramolecular Hbond substituents is 1. The first-order valence-corrected chi connectivity index (χ1v) is 6.70. The van der Waals surface area contributed by atoms with Crippen LogP contribution in [0.25, 0.3) is 0 Å². The fraction of sp³-hybridized carbons (Fsp3) is 0.500. The van der Waals surface area contributed by atoms with Gasteiger partial charge < -0.3 is 15.2 Å². The molecule has 0 radical (unpaired) electrons. The van der Waals surface area contributed by atoms with Gasteiger partial charge in [0.1, 0.15) is 17.6 Å². The highest BCUT2D eigenvalue weighted by molar-refractivity contribution is 5.76. The Bertz CT molecular complexity index is 481. The number of hydrogen-bond acceptors (Lipinski definition) is 5. The molecule has 1 aromatic carbocycles. The van der Waals surface area contributed by atoms with Gasteiger partial charge in [-0.25, -0.2) is 4.39 Å². The minimum atomic E-state index is -0.411. The predicted molar refractivity (Wildman–Crippen MR) is 71.8 cm³/mol. The van der Waals surface area contributed by atoms with Gasteiger partial charge in [-0.1, -0.05) is 0 Å². The lowest BCUT2D eigenvalue weighted by atomic mass is 10.1. The van der Waals surface area contributed by atoms with E-state index in [4.69, 9.17) is 4.74 Å². The van der Waals surface area contributed by atoms with E-state index in [-0.39, 0.29) is 11.7 Å². The van der Waals surface area contributed by atoms with E-state index in [0.29, 0.717) is 31.8 Å². The molecule has 1 atom stereocenters. The minimum Gasteiger partial charge on any atom is -0.508 e. The van der Waals surface area contributed by atoms with Crippen molar-refractivity contribution < 1.29 is 19.0 Å². The summed E-state index contributed by atoms with van der Waals surface area (Å²) in [5.74, 6) is -0.663. The number of ether oxygens (including phenoxy) is 1. The van der Waals surface area contributed by atoms with E-state index in [1.807, 2.05) is 4.90 Å². The molecule has 5 nitrogen and oxygen atoms in total. The van der Waals surface area contributed by atoms with Crippen molar-refractivity contribution in [2.24, 2.45) is 0 Å². The fourth-order valence-electron chi connectivity index (χ4n) is 2.31. The summed E-state index contributed by atoms with van der Waals surface area (Å²) < 4.78 is 18.3. The maximum Gasteiger partial charge on any atom is 0.324 e. The molecule has 2 N–H and O–H groups in total. The minimum absolute atomic E-state index is 0.0348. The van der Waals surface area contributed by atoms with Crippen LogP contribution in [0.5, 0.6) is 5.75 Å². The van der Waals surface area contributed by atoms with E-state index in [1.165, 1.54) is 18.2 Å². The number of phenols is 1. The van der Waals surface area contributed by atoms with Crippen LogP contribution < -0.4 is 5.32 Å². The maximum absolute atomic E-state index is 13.2. The Labute approximate surface area is 117 Å². The molecule has 20 heavy (non-hydrogen) atoms. The normalized spacial score (nSPS) is 19.8. The lowest BCUT2D eigenvalue weighted by molar-refractivity contribution is -0.150. The number of rotatable bonds is 4. The first-order chi connectivity index (χ1) is 9.61. The van der Waals surface area contributed by atoms with Crippen molar-refractivity contribution in [3.05, 3.63) is 29.6 Å². The number of halogens is 1. The van der Waals surface area contributed by atoms with Gasteiger partial charge >= 0.3 is 5.97 Å². The molecular formula is C14H19FN2O3. The summed E-state index contributed by atoms with van der Waals surface area (Å²) in [5, 5.41) is 12.9. The van der Waals surface area contributed by atoms with E-state index >= 15 is 0 Å². The number of nitrogens with zero attached hydrogens (tertiary/aromatic N) is 1. The third-order valence-corrected chi connectivity index (χ3v) is 3.33. The Hall–Kier alpha value is -1.66. The van der Waals surface area contributed by atoms with Crippen molar-refractivity contribution in [1.82, 2.24) is 10.2 Å². The molecule has 1 aromatic rings. The SMILES string of the molecule is CCOC(=O)C1CNCCN1Cc1cc(F)ccc1O. The summed E-state index contributed by atoms with van der Waals surface area (Å²) in [6.45, 7) is 4.28. The molecule has 0 aliphatic carbocycles. The van der Waals surface area contributed by atoms with E-state index in [1.54, 1.807) is 6.92 Å². The zero-order chi connectivity index (χ0) is 14.5. The standard InChI is InChI=1S/C14H19FN2O3/c1-2-20-14(19)12-8-16-5-6-17(12)9-10-7-11(15)3-4-13(10)18/h3-4,7,12,16,18H,2,5-6,8-9H2,1H3. The number of nitrogens with one attached hydrogen (secondary N) is 1. The second-order valence-corrected chi connectivity index (χ2v) is 4.72. The van der Waals surface area contributed by atoms with Gasteiger partial charge in [-0.15, -0.1) is 0 Å². The molecule has 1 aliphatic rings. The van der Waals surface area contributed by atoms with Crippen LogP contribution in [-0.4, -0.2) is 48.3 Å². The van der Waals surface area contributed by atoms with Crippen molar-refractivity contribution >= 4 is 5.97 Å². The first-order valence-electron chi connectivity index (χ1n) is 6.70. The van der Waals surface area contributed by atoms with Gasteiger partial charge in [0.25, 0.3) is 0 Å². The van der Waals surface area contributed by atoms with Gasteiger partial charge in [-0.2, -0.15) is 0 Å². The zero-order valence-corrected chi connectivity index (χ0v) is 11.4. The van der Waals surface area contributed by atoms with Crippen molar-refractivity contribution in [2.75, 3.05) is 26.2 Å². The molecule has 1 unspecified atom stereocenters. The lowest BCUT2D eigenvalue weighted by Crippen LogP contribution is -2.54. The topological polar surface area (TPSA) is 61.8 Å². The summed E-state index contributed by atoms with van der Waals surface area (Å²) in [5.41, 5.74) is 0.473. The average Bonchev–Trinajstić information content (AvgIpc) is 2.44. The molecule has 0 bridgehead atoms. The second kappa shape index (κ2) is 6.67. The van der Waals surface area contributed by atoms with Crippen molar-refractivity contribution in [2.45, 2.75) is 19.5 Å². The molecule has 0 saturated carbocycles. The van der Waals surface area contributed by atoms with Crippen LogP contribution in [0.1, 0.15) is 12.5 Å². The smallest absolute Gasteiger partial charge is 0.324 e. The molecule has 1 fully saturated rings. The van der Waals surface area contributed by atoms with Crippen LogP contribution in [0.4, 0.5) is 4.39 Å². The number of benzene rings is 1. The van der Waals surface area contributed by atoms with Gasteiger partial charge in [-0.05, 0) is 25.1 Å². The van der Waals surface area contributed by atoms with Crippen LogP contribution in [0.2, 0.25) is 0 Å². The zero-order valence-electron chi connectivity index (χ0n) is 11.4. The van der Waals surface area contributed by atoms with Crippen molar-refractivity contribution in [1.29, 1.82) is 0 Å². The highest BCUT2D eigenvalue weighted by atomic mass is 19.1. The molecule has 1 saturated heterocycles. The van der Waals surface area contributed by atoms with Gasteiger partial charge in [0.2, 0.25) is 0 Å². The lowest BCUT2D eigenvalue weighted by Gasteiger charge is -2.34. The molecule has 0 aromatic heterocycles. The number of carbonyl (C=O) groups excluding carboxylic acids is 1. The van der Waals surface area contributed by atoms with Gasteiger partial charge in [0, 0.05) is 31.7 Å². The highest BCUT2D eigenvalue weighted by Crippen LogP contribution is 2.21. The number of aromatic hydroxyl groups is 1. The Kier molecular flexibility index (Phi) is 4.92. The summed E-state index contributed by atoms with van der Waals surface area (Å²) in [4.78, 5) is 13.8. The quantitative estimate of drug-likeness (QED) is 0.802. The summed E-state index contributed by atoms with van der Waals surface area (Å²) in [7, 11) is 0. The third kappa shape index (κ3) is 3.46. The van der Waals surface area contributed by atoms with E-state index in [2.05, 4.69) is 5.32 Å². The fourth-order valence-corrected chi connectivity index (χ4v) is 2.31. The Balaban J connectivity index is 2.12. The summed E-state index contributed by atoms with van der Waals surface area (Å²) in [6.07, 6.45) is 0. The van der Waals surface area contributed by atoms with E-state index in [0.717, 1.165) is 6.54 Å². The maximum atomic E-state index is 13.2. The molecule has 6 heteroatoms. The number of hydrogen-bond donors (Lipinski definition) is 2. The molecule has 1 heterocycles. The molecule has 0 amide bonds. The Morgan fingerprint density at radius 2 is 2.40 bits per heavy atom.